The molecule has 22 heavy (non-hydrogen) atoms. The summed E-state index contributed by atoms with van der Waals surface area (Å²) in [5, 5.41) is 2.36. The number of carbonyl (C=O) groups excluding carboxylic acids is 2. The Morgan fingerprint density at radius 2 is 2.09 bits per heavy atom. The average Bonchev–Trinajstić information content (AvgIpc) is 2.40. The molecule has 1 heterocycles. The van der Waals surface area contributed by atoms with Gasteiger partial charge in [-0.15, -0.1) is 0 Å². The Bertz CT molecular complexity index is 773. The Kier molecular flexibility index (Phi) is 4.11. The highest BCUT2D eigenvalue weighted by Crippen LogP contribution is 2.31. The standard InChI is InChI=1S/C14H16FN3O4/c1-14(2)4-3-8(10(19)5-14)6-16-12(21)18-7-9(15)11(20)17-13(18)22/h3,7H,4-6H2,1-2H3,(H,16,21)(H,17,20,22). The van der Waals surface area contributed by atoms with Crippen molar-refractivity contribution in [2.75, 3.05) is 6.54 Å². The summed E-state index contributed by atoms with van der Waals surface area (Å²) >= 11 is 0. The van der Waals surface area contributed by atoms with Crippen molar-refractivity contribution in [2.24, 2.45) is 5.41 Å². The van der Waals surface area contributed by atoms with Crippen molar-refractivity contribution in [2.45, 2.75) is 26.7 Å². The van der Waals surface area contributed by atoms with E-state index in [9.17, 15) is 23.6 Å². The molecule has 1 aliphatic rings. The molecule has 0 fully saturated rings. The van der Waals surface area contributed by atoms with Crippen LogP contribution in [0.3, 0.4) is 0 Å². The third-order valence-corrected chi connectivity index (χ3v) is 3.45. The van der Waals surface area contributed by atoms with Crippen LogP contribution in [0.4, 0.5) is 9.18 Å². The molecular formula is C14H16FN3O4. The molecule has 1 aliphatic carbocycles. The molecule has 0 atom stereocenters. The van der Waals surface area contributed by atoms with E-state index in [1.807, 2.05) is 13.8 Å². The van der Waals surface area contributed by atoms with Crippen LogP contribution in [0.1, 0.15) is 26.7 Å². The number of nitrogens with zero attached hydrogens (tertiary/aromatic N) is 1. The first-order valence-corrected chi connectivity index (χ1v) is 6.71. The van der Waals surface area contributed by atoms with Crippen LogP contribution >= 0.6 is 0 Å². The summed E-state index contributed by atoms with van der Waals surface area (Å²) in [4.78, 5) is 47.8. The van der Waals surface area contributed by atoms with Gasteiger partial charge in [0.25, 0.3) is 5.56 Å². The Balaban J connectivity index is 2.10. The fourth-order valence-corrected chi connectivity index (χ4v) is 2.16. The number of Topliss-reactive ketones (excluding diaryl/α,β-unsaturated/α-hetero) is 1. The number of allylic oxidation sites excluding steroid dienone is 1. The average molecular weight is 309 g/mol. The second kappa shape index (κ2) is 5.70. The van der Waals surface area contributed by atoms with Crippen LogP contribution in [0.2, 0.25) is 0 Å². The van der Waals surface area contributed by atoms with Gasteiger partial charge in [0.2, 0.25) is 5.82 Å². The zero-order valence-electron chi connectivity index (χ0n) is 12.2. The third-order valence-electron chi connectivity index (χ3n) is 3.45. The number of carbonyl (C=O) groups is 2. The van der Waals surface area contributed by atoms with Gasteiger partial charge < -0.3 is 5.32 Å². The lowest BCUT2D eigenvalue weighted by molar-refractivity contribution is -0.118. The lowest BCUT2D eigenvalue weighted by Gasteiger charge is -2.27. The van der Waals surface area contributed by atoms with Crippen LogP contribution in [0.15, 0.2) is 27.4 Å². The van der Waals surface area contributed by atoms with Gasteiger partial charge in [0.1, 0.15) is 0 Å². The van der Waals surface area contributed by atoms with Gasteiger partial charge in [-0.1, -0.05) is 19.9 Å². The molecule has 0 aromatic carbocycles. The van der Waals surface area contributed by atoms with Crippen molar-refractivity contribution in [1.82, 2.24) is 14.9 Å². The number of H-pyrrole nitrogens is 1. The summed E-state index contributed by atoms with van der Waals surface area (Å²) in [5.74, 6) is -1.32. The number of rotatable bonds is 2. The number of amides is 1. The van der Waals surface area contributed by atoms with Gasteiger partial charge in [0, 0.05) is 18.5 Å². The Hall–Kier alpha value is -2.51. The topological polar surface area (TPSA) is 101 Å². The van der Waals surface area contributed by atoms with E-state index >= 15 is 0 Å². The predicted molar refractivity (Wildman–Crippen MR) is 76.2 cm³/mol. The molecule has 0 unspecified atom stereocenters. The molecule has 0 saturated carbocycles. The lowest BCUT2D eigenvalue weighted by atomic mass is 9.77. The number of aromatic nitrogens is 2. The first-order valence-electron chi connectivity index (χ1n) is 6.71. The maximum atomic E-state index is 13.1. The molecule has 7 nitrogen and oxygen atoms in total. The van der Waals surface area contributed by atoms with Gasteiger partial charge >= 0.3 is 11.7 Å². The molecule has 2 rings (SSSR count). The van der Waals surface area contributed by atoms with Gasteiger partial charge in [-0.05, 0) is 11.8 Å². The molecule has 0 saturated heterocycles. The summed E-state index contributed by atoms with van der Waals surface area (Å²) in [6.07, 6.45) is 3.35. The predicted octanol–water partition coefficient (Wildman–Crippen LogP) is 0.549. The second-order valence-corrected chi connectivity index (χ2v) is 5.96. The normalized spacial score (nSPS) is 17.0. The van der Waals surface area contributed by atoms with Crippen LogP contribution in [0, 0.1) is 11.2 Å². The van der Waals surface area contributed by atoms with Crippen LogP contribution in [0.5, 0.6) is 0 Å². The largest absolute Gasteiger partial charge is 0.336 e. The second-order valence-electron chi connectivity index (χ2n) is 5.96. The Morgan fingerprint density at radius 1 is 1.41 bits per heavy atom. The van der Waals surface area contributed by atoms with Gasteiger partial charge in [0.05, 0.1) is 6.20 Å². The van der Waals surface area contributed by atoms with Gasteiger partial charge in [-0.25, -0.2) is 14.2 Å². The SMILES string of the molecule is CC1(C)CC=C(CNC(=O)n2cc(F)c(=O)[nH]c2=O)C(=O)C1. The van der Waals surface area contributed by atoms with Crippen molar-refractivity contribution in [3.63, 3.8) is 0 Å². The highest BCUT2D eigenvalue weighted by atomic mass is 19.1. The van der Waals surface area contributed by atoms with Crippen molar-refractivity contribution in [1.29, 1.82) is 0 Å². The molecule has 8 heteroatoms. The number of ketones is 1. The first kappa shape index (κ1) is 15.9. The number of nitrogens with one attached hydrogen (secondary N) is 2. The van der Waals surface area contributed by atoms with Gasteiger partial charge in [-0.3, -0.25) is 14.6 Å². The molecule has 1 aromatic heterocycles. The zero-order valence-corrected chi connectivity index (χ0v) is 12.2. The molecule has 0 aliphatic heterocycles. The van der Waals surface area contributed by atoms with E-state index in [-0.39, 0.29) is 17.7 Å². The maximum Gasteiger partial charge on any atom is 0.336 e. The van der Waals surface area contributed by atoms with E-state index in [2.05, 4.69) is 5.32 Å². The van der Waals surface area contributed by atoms with Gasteiger partial charge in [0.15, 0.2) is 5.78 Å². The minimum Gasteiger partial charge on any atom is -0.333 e. The highest BCUT2D eigenvalue weighted by Gasteiger charge is 2.27. The minimum atomic E-state index is -1.25. The molecule has 0 spiro atoms. The highest BCUT2D eigenvalue weighted by molar-refractivity contribution is 5.97. The number of hydrogen-bond donors (Lipinski definition) is 2. The minimum absolute atomic E-state index is 0.0546. The first-order chi connectivity index (χ1) is 10.2. The van der Waals surface area contributed by atoms with E-state index in [1.165, 1.54) is 0 Å². The molecule has 0 radical (unpaired) electrons. The monoisotopic (exact) mass is 309 g/mol. The smallest absolute Gasteiger partial charge is 0.333 e. The van der Waals surface area contributed by atoms with E-state index in [0.717, 1.165) is 0 Å². The van der Waals surface area contributed by atoms with Crippen LogP contribution in [-0.4, -0.2) is 27.9 Å². The summed E-state index contributed by atoms with van der Waals surface area (Å²) in [5.41, 5.74) is -1.90. The van der Waals surface area contributed by atoms with Crippen LogP contribution in [-0.2, 0) is 4.79 Å². The molecule has 118 valence electrons. The number of halogens is 1. The van der Waals surface area contributed by atoms with E-state index < -0.39 is 23.1 Å². The molecule has 2 N–H and O–H groups in total. The molecule has 0 bridgehead atoms. The summed E-state index contributed by atoms with van der Waals surface area (Å²) in [6, 6.07) is -0.918. The fraction of sp³-hybridized carbons (Fsp3) is 0.429. The zero-order chi connectivity index (χ0) is 16.5. The molecular weight excluding hydrogens is 293 g/mol. The van der Waals surface area contributed by atoms with Crippen molar-refractivity contribution in [3.8, 4) is 0 Å². The summed E-state index contributed by atoms with van der Waals surface area (Å²) in [7, 11) is 0. The molecule has 1 amide bonds. The van der Waals surface area contributed by atoms with E-state index in [4.69, 9.17) is 0 Å². The van der Waals surface area contributed by atoms with E-state index in [1.54, 1.807) is 11.1 Å². The molecule has 1 aromatic rings. The van der Waals surface area contributed by atoms with E-state index in [0.29, 0.717) is 29.2 Å². The van der Waals surface area contributed by atoms with Crippen LogP contribution < -0.4 is 16.6 Å². The fourth-order valence-electron chi connectivity index (χ4n) is 2.16. The number of hydrogen-bond acceptors (Lipinski definition) is 4. The number of aromatic amines is 1. The van der Waals surface area contributed by atoms with Crippen molar-refractivity contribution >= 4 is 11.8 Å². The Morgan fingerprint density at radius 3 is 2.73 bits per heavy atom. The maximum absolute atomic E-state index is 13.1. The van der Waals surface area contributed by atoms with Crippen molar-refractivity contribution in [3.05, 3.63) is 44.5 Å². The lowest BCUT2D eigenvalue weighted by Crippen LogP contribution is -2.42. The summed E-state index contributed by atoms with van der Waals surface area (Å²) in [6.45, 7) is 3.89. The Labute approximate surface area is 124 Å². The van der Waals surface area contributed by atoms with Crippen molar-refractivity contribution < 1.29 is 14.0 Å². The third kappa shape index (κ3) is 3.38. The van der Waals surface area contributed by atoms with Gasteiger partial charge in [-0.2, -0.15) is 4.39 Å². The summed E-state index contributed by atoms with van der Waals surface area (Å²) < 4.78 is 13.5. The van der Waals surface area contributed by atoms with Crippen LogP contribution in [0.25, 0.3) is 0 Å². The quantitative estimate of drug-likeness (QED) is 0.833.